The van der Waals surface area contributed by atoms with Gasteiger partial charge in [0.2, 0.25) is 0 Å². The average molecular weight is 311 g/mol. The van der Waals surface area contributed by atoms with Crippen LogP contribution in [0.3, 0.4) is 0 Å². The van der Waals surface area contributed by atoms with Crippen LogP contribution in [0.1, 0.15) is 25.3 Å². The molecule has 1 aromatic carbocycles. The molecule has 0 saturated heterocycles. The van der Waals surface area contributed by atoms with Gasteiger partial charge in [0.25, 0.3) is 0 Å². The van der Waals surface area contributed by atoms with Gasteiger partial charge in [0, 0.05) is 23.6 Å². The van der Waals surface area contributed by atoms with Crippen molar-refractivity contribution in [2.75, 3.05) is 20.1 Å². The third-order valence-corrected chi connectivity index (χ3v) is 4.13. The van der Waals surface area contributed by atoms with Crippen LogP contribution in [0.25, 0.3) is 0 Å². The van der Waals surface area contributed by atoms with E-state index < -0.39 is 0 Å². The third-order valence-electron chi connectivity index (χ3n) is 3.35. The first-order valence-corrected chi connectivity index (χ1v) is 7.60. The second-order valence-corrected chi connectivity index (χ2v) is 6.43. The number of rotatable bonds is 7. The maximum atomic E-state index is 3.61. The highest BCUT2D eigenvalue weighted by atomic mass is 79.9. The van der Waals surface area contributed by atoms with Crippen LogP contribution < -0.4 is 5.32 Å². The highest BCUT2D eigenvalue weighted by Gasteiger charge is 2.21. The molecule has 18 heavy (non-hydrogen) atoms. The lowest BCUT2D eigenvalue weighted by atomic mass is 10.1. The van der Waals surface area contributed by atoms with E-state index >= 15 is 0 Å². The smallest absolute Gasteiger partial charge is 0.0242 e. The minimum absolute atomic E-state index is 0.707. The summed E-state index contributed by atoms with van der Waals surface area (Å²) < 4.78 is 1.21. The van der Waals surface area contributed by atoms with Crippen molar-refractivity contribution in [3.8, 4) is 0 Å². The molecule has 3 heteroatoms. The number of nitrogens with zero attached hydrogens (tertiary/aromatic N) is 1. The second kappa shape index (κ2) is 6.69. The first kappa shape index (κ1) is 14.0. The van der Waals surface area contributed by atoms with E-state index in [0.29, 0.717) is 5.92 Å². The van der Waals surface area contributed by atoms with Crippen molar-refractivity contribution in [3.63, 3.8) is 0 Å². The van der Waals surface area contributed by atoms with Gasteiger partial charge in [0.05, 0.1) is 0 Å². The highest BCUT2D eigenvalue weighted by Crippen LogP contribution is 2.19. The van der Waals surface area contributed by atoms with Crippen LogP contribution in [0, 0.1) is 5.92 Å². The topological polar surface area (TPSA) is 15.3 Å². The molecule has 0 radical (unpaired) electrons. The quantitative estimate of drug-likeness (QED) is 0.831. The van der Waals surface area contributed by atoms with E-state index in [1.54, 1.807) is 0 Å². The predicted octanol–water partition coefficient (Wildman–Crippen LogP) is 3.27. The van der Waals surface area contributed by atoms with Crippen LogP contribution in [-0.2, 0) is 6.54 Å². The van der Waals surface area contributed by atoms with Gasteiger partial charge >= 0.3 is 0 Å². The second-order valence-electron chi connectivity index (χ2n) is 5.58. The summed E-state index contributed by atoms with van der Waals surface area (Å²) in [5, 5.41) is 3.60. The molecule has 1 fully saturated rings. The van der Waals surface area contributed by atoms with Crippen molar-refractivity contribution >= 4 is 15.9 Å². The SMILES string of the molecule is CC(CNC1CC1)CN(C)Cc1ccccc1Br. The molecule has 1 aliphatic rings. The lowest BCUT2D eigenvalue weighted by Gasteiger charge is -2.22. The lowest BCUT2D eigenvalue weighted by Crippen LogP contribution is -2.31. The number of hydrogen-bond donors (Lipinski definition) is 1. The Hall–Kier alpha value is -0.380. The predicted molar refractivity (Wildman–Crippen MR) is 80.7 cm³/mol. The zero-order chi connectivity index (χ0) is 13.0. The summed E-state index contributed by atoms with van der Waals surface area (Å²) in [6.07, 6.45) is 2.75. The molecule has 0 bridgehead atoms. The first-order chi connectivity index (χ1) is 8.65. The minimum atomic E-state index is 0.707. The van der Waals surface area contributed by atoms with Crippen molar-refractivity contribution in [2.45, 2.75) is 32.4 Å². The Kier molecular flexibility index (Phi) is 5.22. The fourth-order valence-electron chi connectivity index (χ4n) is 2.23. The van der Waals surface area contributed by atoms with Crippen molar-refractivity contribution < 1.29 is 0 Å². The Morgan fingerprint density at radius 3 is 2.78 bits per heavy atom. The molecule has 1 aliphatic carbocycles. The van der Waals surface area contributed by atoms with Crippen LogP contribution in [0.2, 0.25) is 0 Å². The van der Waals surface area contributed by atoms with E-state index in [9.17, 15) is 0 Å². The Bertz CT molecular complexity index is 377. The number of nitrogens with one attached hydrogen (secondary N) is 1. The summed E-state index contributed by atoms with van der Waals surface area (Å²) in [4.78, 5) is 2.40. The fraction of sp³-hybridized carbons (Fsp3) is 0.600. The highest BCUT2D eigenvalue weighted by molar-refractivity contribution is 9.10. The van der Waals surface area contributed by atoms with Gasteiger partial charge in [0.1, 0.15) is 0 Å². The average Bonchev–Trinajstić information content (AvgIpc) is 3.13. The van der Waals surface area contributed by atoms with Crippen LogP contribution >= 0.6 is 15.9 Å². The Morgan fingerprint density at radius 2 is 2.11 bits per heavy atom. The summed E-state index contributed by atoms with van der Waals surface area (Å²) in [5.41, 5.74) is 1.36. The number of halogens is 1. The molecule has 0 aliphatic heterocycles. The summed E-state index contributed by atoms with van der Waals surface area (Å²) in [6.45, 7) is 5.62. The normalized spacial score (nSPS) is 17.1. The van der Waals surface area contributed by atoms with Crippen LogP contribution in [0.5, 0.6) is 0 Å². The minimum Gasteiger partial charge on any atom is -0.314 e. The molecule has 1 unspecified atom stereocenters. The van der Waals surface area contributed by atoms with Crippen molar-refractivity contribution in [1.29, 1.82) is 0 Å². The van der Waals surface area contributed by atoms with Crippen LogP contribution in [0.15, 0.2) is 28.7 Å². The van der Waals surface area contributed by atoms with E-state index in [1.807, 2.05) is 0 Å². The molecular formula is C15H23BrN2. The zero-order valence-electron chi connectivity index (χ0n) is 11.3. The van der Waals surface area contributed by atoms with Gasteiger partial charge in [-0.2, -0.15) is 0 Å². The molecule has 2 rings (SSSR count). The molecule has 2 nitrogen and oxygen atoms in total. The first-order valence-electron chi connectivity index (χ1n) is 6.80. The van der Waals surface area contributed by atoms with Gasteiger partial charge in [-0.05, 0) is 44.0 Å². The molecule has 100 valence electrons. The summed E-state index contributed by atoms with van der Waals surface area (Å²) in [6, 6.07) is 9.29. The van der Waals surface area contributed by atoms with Gasteiger partial charge in [0.15, 0.2) is 0 Å². The molecule has 0 heterocycles. The van der Waals surface area contributed by atoms with Gasteiger partial charge < -0.3 is 10.2 Å². The maximum absolute atomic E-state index is 3.61. The van der Waals surface area contributed by atoms with E-state index in [1.165, 1.54) is 22.9 Å². The third kappa shape index (κ3) is 4.71. The molecule has 0 amide bonds. The van der Waals surface area contributed by atoms with Crippen molar-refractivity contribution in [3.05, 3.63) is 34.3 Å². The van der Waals surface area contributed by atoms with Crippen molar-refractivity contribution in [2.24, 2.45) is 5.92 Å². The van der Waals surface area contributed by atoms with E-state index in [2.05, 4.69) is 64.4 Å². The van der Waals surface area contributed by atoms with Gasteiger partial charge in [-0.3, -0.25) is 0 Å². The van der Waals surface area contributed by atoms with Gasteiger partial charge in [-0.1, -0.05) is 41.1 Å². The van der Waals surface area contributed by atoms with Crippen LogP contribution in [0.4, 0.5) is 0 Å². The Labute approximate surface area is 119 Å². The van der Waals surface area contributed by atoms with E-state index in [-0.39, 0.29) is 0 Å². The monoisotopic (exact) mass is 310 g/mol. The molecule has 1 atom stereocenters. The lowest BCUT2D eigenvalue weighted by molar-refractivity contribution is 0.273. The largest absolute Gasteiger partial charge is 0.314 e. The maximum Gasteiger partial charge on any atom is 0.0242 e. The molecule has 1 saturated carbocycles. The Balaban J connectivity index is 1.73. The standard InChI is InChI=1S/C15H23BrN2/c1-12(9-17-14-7-8-14)10-18(2)11-13-5-3-4-6-15(13)16/h3-6,12,14,17H,7-11H2,1-2H3. The number of hydrogen-bond acceptors (Lipinski definition) is 2. The molecule has 1 aromatic rings. The summed E-state index contributed by atoms with van der Waals surface area (Å²) >= 11 is 3.61. The zero-order valence-corrected chi connectivity index (χ0v) is 12.9. The summed E-state index contributed by atoms with van der Waals surface area (Å²) in [7, 11) is 2.20. The Morgan fingerprint density at radius 1 is 1.39 bits per heavy atom. The van der Waals surface area contributed by atoms with Gasteiger partial charge in [-0.15, -0.1) is 0 Å². The fourth-order valence-corrected chi connectivity index (χ4v) is 2.64. The van der Waals surface area contributed by atoms with E-state index in [0.717, 1.165) is 25.7 Å². The number of benzene rings is 1. The van der Waals surface area contributed by atoms with E-state index in [4.69, 9.17) is 0 Å². The molecule has 0 spiro atoms. The molecular weight excluding hydrogens is 288 g/mol. The molecule has 1 N–H and O–H groups in total. The van der Waals surface area contributed by atoms with Crippen molar-refractivity contribution in [1.82, 2.24) is 10.2 Å². The summed E-state index contributed by atoms with van der Waals surface area (Å²) in [5.74, 6) is 0.707. The van der Waals surface area contributed by atoms with Crippen LogP contribution in [-0.4, -0.2) is 31.1 Å². The van der Waals surface area contributed by atoms with Gasteiger partial charge in [-0.25, -0.2) is 0 Å². The molecule has 0 aromatic heterocycles.